The lowest BCUT2D eigenvalue weighted by atomic mass is 10.1. The van der Waals surface area contributed by atoms with Gasteiger partial charge < -0.3 is 9.47 Å². The maximum absolute atomic E-state index is 11.5. The summed E-state index contributed by atoms with van der Waals surface area (Å²) < 4.78 is 37.6. The van der Waals surface area contributed by atoms with Crippen LogP contribution in [-0.4, -0.2) is 27.8 Å². The summed E-state index contributed by atoms with van der Waals surface area (Å²) in [5, 5.41) is 0. The number of halogens is 1. The van der Waals surface area contributed by atoms with E-state index in [-0.39, 0.29) is 5.75 Å². The number of ether oxygens (including phenoxy) is 2. The average Bonchev–Trinajstić information content (AvgIpc) is 2.61. The molecule has 0 saturated carbocycles. The molecule has 0 fully saturated rings. The van der Waals surface area contributed by atoms with Crippen molar-refractivity contribution in [1.82, 2.24) is 4.72 Å². The zero-order valence-electron chi connectivity index (χ0n) is 14.3. The highest BCUT2D eigenvalue weighted by molar-refractivity contribution is 9.10. The van der Waals surface area contributed by atoms with Crippen LogP contribution in [0.25, 0.3) is 0 Å². The lowest BCUT2D eigenvalue weighted by Crippen LogP contribution is -2.27. The quantitative estimate of drug-likeness (QED) is 0.664. The van der Waals surface area contributed by atoms with Crippen LogP contribution in [0.4, 0.5) is 0 Å². The fourth-order valence-electron chi connectivity index (χ4n) is 2.24. The highest BCUT2D eigenvalue weighted by atomic mass is 79.9. The second-order valence-electron chi connectivity index (χ2n) is 5.43. The van der Waals surface area contributed by atoms with E-state index in [1.807, 2.05) is 42.5 Å². The SMILES string of the molecule is CCS(=O)(=O)NCCc1cc(Br)c(OCc2ccccc2)c(OC)c1. The number of methoxy groups -OCH3 is 1. The molecular formula is C18H22BrNO4S. The Morgan fingerprint density at radius 2 is 1.84 bits per heavy atom. The van der Waals surface area contributed by atoms with Gasteiger partial charge in [-0.2, -0.15) is 0 Å². The molecule has 25 heavy (non-hydrogen) atoms. The van der Waals surface area contributed by atoms with Crippen molar-refractivity contribution in [2.24, 2.45) is 0 Å². The van der Waals surface area contributed by atoms with Crippen molar-refractivity contribution >= 4 is 26.0 Å². The minimum absolute atomic E-state index is 0.0757. The predicted molar refractivity (Wildman–Crippen MR) is 103 cm³/mol. The van der Waals surface area contributed by atoms with Crippen molar-refractivity contribution in [3.8, 4) is 11.5 Å². The summed E-state index contributed by atoms with van der Waals surface area (Å²) in [6, 6.07) is 13.7. The van der Waals surface area contributed by atoms with E-state index in [1.165, 1.54) is 0 Å². The van der Waals surface area contributed by atoms with Gasteiger partial charge in [-0.1, -0.05) is 30.3 Å². The van der Waals surface area contributed by atoms with Crippen LogP contribution < -0.4 is 14.2 Å². The highest BCUT2D eigenvalue weighted by Crippen LogP contribution is 2.37. The van der Waals surface area contributed by atoms with Gasteiger partial charge in [-0.3, -0.25) is 0 Å². The molecule has 2 aromatic carbocycles. The normalized spacial score (nSPS) is 11.3. The van der Waals surface area contributed by atoms with Gasteiger partial charge in [0.15, 0.2) is 11.5 Å². The molecule has 0 atom stereocenters. The number of benzene rings is 2. The Labute approximate surface area is 157 Å². The molecule has 0 saturated heterocycles. The minimum atomic E-state index is -3.18. The number of hydrogen-bond acceptors (Lipinski definition) is 4. The summed E-state index contributed by atoms with van der Waals surface area (Å²) in [5.74, 6) is 1.31. The Hall–Kier alpha value is -1.57. The molecular weight excluding hydrogens is 406 g/mol. The summed E-state index contributed by atoms with van der Waals surface area (Å²) in [6.07, 6.45) is 0.563. The summed E-state index contributed by atoms with van der Waals surface area (Å²) in [5.41, 5.74) is 2.02. The minimum Gasteiger partial charge on any atom is -0.493 e. The first-order chi connectivity index (χ1) is 11.9. The van der Waals surface area contributed by atoms with Gasteiger partial charge in [0.1, 0.15) is 6.61 Å². The number of nitrogens with one attached hydrogen (secondary N) is 1. The smallest absolute Gasteiger partial charge is 0.211 e. The first kappa shape index (κ1) is 19.8. The Morgan fingerprint density at radius 1 is 1.12 bits per heavy atom. The molecule has 136 valence electrons. The van der Waals surface area contributed by atoms with Crippen LogP contribution in [0.1, 0.15) is 18.1 Å². The lowest BCUT2D eigenvalue weighted by molar-refractivity contribution is 0.282. The summed E-state index contributed by atoms with van der Waals surface area (Å²) in [6.45, 7) is 2.39. The zero-order valence-corrected chi connectivity index (χ0v) is 16.7. The van der Waals surface area contributed by atoms with Gasteiger partial charge in [-0.15, -0.1) is 0 Å². The maximum Gasteiger partial charge on any atom is 0.211 e. The molecule has 0 bridgehead atoms. The van der Waals surface area contributed by atoms with Crippen molar-refractivity contribution in [3.63, 3.8) is 0 Å². The molecule has 5 nitrogen and oxygen atoms in total. The van der Waals surface area contributed by atoms with Gasteiger partial charge in [-0.25, -0.2) is 13.1 Å². The van der Waals surface area contributed by atoms with E-state index in [9.17, 15) is 8.42 Å². The number of hydrogen-bond donors (Lipinski definition) is 1. The van der Waals surface area contributed by atoms with Crippen molar-refractivity contribution in [1.29, 1.82) is 0 Å². The van der Waals surface area contributed by atoms with Crippen LogP contribution in [0.2, 0.25) is 0 Å². The van der Waals surface area contributed by atoms with E-state index in [0.29, 0.717) is 31.1 Å². The van der Waals surface area contributed by atoms with Gasteiger partial charge in [-0.05, 0) is 52.5 Å². The first-order valence-corrected chi connectivity index (χ1v) is 10.4. The molecule has 0 heterocycles. The van der Waals surface area contributed by atoms with Crippen molar-refractivity contribution in [2.75, 3.05) is 19.4 Å². The fourth-order valence-corrected chi connectivity index (χ4v) is 3.46. The Balaban J connectivity index is 2.07. The van der Waals surface area contributed by atoms with Crippen molar-refractivity contribution < 1.29 is 17.9 Å². The molecule has 0 aromatic heterocycles. The molecule has 0 unspecified atom stereocenters. The molecule has 2 aromatic rings. The third kappa shape index (κ3) is 6.02. The molecule has 1 N–H and O–H groups in total. The van der Waals surface area contributed by atoms with Gasteiger partial charge in [0.2, 0.25) is 10.0 Å². The predicted octanol–water partition coefficient (Wildman–Crippen LogP) is 3.52. The number of rotatable bonds is 9. The third-order valence-corrected chi connectivity index (χ3v) is 5.62. The Morgan fingerprint density at radius 3 is 2.48 bits per heavy atom. The summed E-state index contributed by atoms with van der Waals surface area (Å²) in [7, 11) is -1.60. The standard InChI is InChI=1S/C18H22BrNO4S/c1-3-25(21,22)20-10-9-15-11-16(19)18(17(12-15)23-2)24-13-14-7-5-4-6-8-14/h4-8,11-12,20H,3,9-10,13H2,1-2H3. The monoisotopic (exact) mass is 427 g/mol. The summed E-state index contributed by atoms with van der Waals surface area (Å²) in [4.78, 5) is 0. The molecule has 0 aliphatic carbocycles. The fraction of sp³-hybridized carbons (Fsp3) is 0.333. The molecule has 7 heteroatoms. The zero-order chi connectivity index (χ0) is 18.3. The van der Waals surface area contributed by atoms with Crippen LogP contribution in [0.15, 0.2) is 46.9 Å². The van der Waals surface area contributed by atoms with Gasteiger partial charge >= 0.3 is 0 Å². The Kier molecular flexibility index (Phi) is 7.28. The van der Waals surface area contributed by atoms with Gasteiger partial charge in [0.25, 0.3) is 0 Å². The largest absolute Gasteiger partial charge is 0.493 e. The van der Waals surface area contributed by atoms with E-state index in [1.54, 1.807) is 14.0 Å². The molecule has 0 spiro atoms. The van der Waals surface area contributed by atoms with E-state index in [4.69, 9.17) is 9.47 Å². The van der Waals surface area contributed by atoms with Crippen molar-refractivity contribution in [2.45, 2.75) is 20.0 Å². The summed E-state index contributed by atoms with van der Waals surface area (Å²) >= 11 is 3.51. The molecule has 0 aliphatic rings. The first-order valence-electron chi connectivity index (χ1n) is 7.95. The maximum atomic E-state index is 11.5. The molecule has 0 amide bonds. The van der Waals surface area contributed by atoms with E-state index in [2.05, 4.69) is 20.7 Å². The van der Waals surface area contributed by atoms with Crippen LogP contribution in [0.3, 0.4) is 0 Å². The van der Waals surface area contributed by atoms with Gasteiger partial charge in [0.05, 0.1) is 17.3 Å². The highest BCUT2D eigenvalue weighted by Gasteiger charge is 2.13. The van der Waals surface area contributed by atoms with Crippen LogP contribution in [-0.2, 0) is 23.1 Å². The Bertz CT molecular complexity index is 794. The second-order valence-corrected chi connectivity index (χ2v) is 8.38. The van der Waals surface area contributed by atoms with E-state index in [0.717, 1.165) is 15.6 Å². The van der Waals surface area contributed by atoms with Crippen LogP contribution in [0, 0.1) is 0 Å². The lowest BCUT2D eigenvalue weighted by Gasteiger charge is -2.15. The van der Waals surface area contributed by atoms with Crippen molar-refractivity contribution in [3.05, 3.63) is 58.1 Å². The third-order valence-electron chi connectivity index (χ3n) is 3.63. The molecule has 0 aliphatic heterocycles. The average molecular weight is 428 g/mol. The van der Waals surface area contributed by atoms with Gasteiger partial charge in [0, 0.05) is 6.54 Å². The van der Waals surface area contributed by atoms with Crippen LogP contribution >= 0.6 is 15.9 Å². The van der Waals surface area contributed by atoms with E-state index < -0.39 is 10.0 Å². The topological polar surface area (TPSA) is 64.6 Å². The van der Waals surface area contributed by atoms with Crippen LogP contribution in [0.5, 0.6) is 11.5 Å². The number of sulfonamides is 1. The van der Waals surface area contributed by atoms with E-state index >= 15 is 0 Å². The molecule has 0 radical (unpaired) electrons. The molecule has 2 rings (SSSR count). The second kappa shape index (κ2) is 9.22.